The van der Waals surface area contributed by atoms with Crippen molar-refractivity contribution in [3.8, 4) is 0 Å². The molecule has 66 valence electrons. The minimum Gasteiger partial charge on any atom is -0.322 e. The Morgan fingerprint density at radius 2 is 2.25 bits per heavy atom. The zero-order chi connectivity index (χ0) is 8.77. The molecular formula is C7H11N3O2. The van der Waals surface area contributed by atoms with Gasteiger partial charge in [0.15, 0.2) is 0 Å². The summed E-state index contributed by atoms with van der Waals surface area (Å²) in [5.41, 5.74) is -0.670. The highest BCUT2D eigenvalue weighted by atomic mass is 16.2. The van der Waals surface area contributed by atoms with Crippen LogP contribution in [0, 0.1) is 0 Å². The molecule has 0 aromatic rings. The van der Waals surface area contributed by atoms with E-state index in [4.69, 9.17) is 0 Å². The summed E-state index contributed by atoms with van der Waals surface area (Å²) in [6, 6.07) is -0.0925. The maximum Gasteiger partial charge on any atom is 0.322 e. The largest absolute Gasteiger partial charge is 0.322 e. The molecule has 2 fully saturated rings. The molecule has 3 N–H and O–H groups in total. The van der Waals surface area contributed by atoms with Crippen molar-refractivity contribution in [2.24, 2.45) is 0 Å². The Morgan fingerprint density at radius 1 is 1.50 bits per heavy atom. The number of hydrogen-bond donors (Lipinski definition) is 3. The second-order valence-corrected chi connectivity index (χ2v) is 3.48. The highest BCUT2D eigenvalue weighted by Gasteiger charge is 2.49. The number of carbonyl (C=O) groups is 2. The lowest BCUT2D eigenvalue weighted by Gasteiger charge is -2.17. The van der Waals surface area contributed by atoms with Crippen LogP contribution in [0.2, 0.25) is 0 Å². The Bertz CT molecular complexity index is 253. The summed E-state index contributed by atoms with van der Waals surface area (Å²) >= 11 is 0. The molecule has 2 rings (SSSR count). The van der Waals surface area contributed by atoms with Crippen LogP contribution in [0.3, 0.4) is 0 Å². The van der Waals surface area contributed by atoms with Crippen LogP contribution in [0.25, 0.3) is 0 Å². The Labute approximate surface area is 69.9 Å². The van der Waals surface area contributed by atoms with Crippen LogP contribution in [0.5, 0.6) is 0 Å². The van der Waals surface area contributed by atoms with Crippen molar-refractivity contribution in [2.75, 3.05) is 6.54 Å². The van der Waals surface area contributed by atoms with E-state index >= 15 is 0 Å². The summed E-state index contributed by atoms with van der Waals surface area (Å²) in [4.78, 5) is 22.2. The second-order valence-electron chi connectivity index (χ2n) is 3.48. The first kappa shape index (κ1) is 7.54. The lowest BCUT2D eigenvalue weighted by molar-refractivity contribution is -0.123. The summed E-state index contributed by atoms with van der Waals surface area (Å²) < 4.78 is 0. The van der Waals surface area contributed by atoms with Crippen molar-refractivity contribution in [3.05, 3.63) is 0 Å². The predicted octanol–water partition coefficient (Wildman–Crippen LogP) is -1.05. The first-order chi connectivity index (χ1) is 5.62. The third-order valence-electron chi connectivity index (χ3n) is 2.42. The van der Waals surface area contributed by atoms with Crippen molar-refractivity contribution >= 4 is 11.9 Å². The molecule has 0 saturated carbocycles. The third kappa shape index (κ3) is 0.896. The molecule has 0 aromatic heterocycles. The van der Waals surface area contributed by atoms with Gasteiger partial charge in [-0.2, -0.15) is 0 Å². The van der Waals surface area contributed by atoms with E-state index in [0.717, 1.165) is 0 Å². The molecule has 2 unspecified atom stereocenters. The average molecular weight is 169 g/mol. The minimum atomic E-state index is -0.670. The van der Waals surface area contributed by atoms with Gasteiger partial charge in [0.1, 0.15) is 5.54 Å². The van der Waals surface area contributed by atoms with E-state index in [1.54, 1.807) is 0 Å². The zero-order valence-electron chi connectivity index (χ0n) is 6.81. The number of imide groups is 1. The van der Waals surface area contributed by atoms with Gasteiger partial charge in [-0.25, -0.2) is 4.79 Å². The monoisotopic (exact) mass is 169 g/mol. The Hall–Kier alpha value is -1.10. The lowest BCUT2D eigenvalue weighted by atomic mass is 9.97. The quantitative estimate of drug-likeness (QED) is 0.405. The van der Waals surface area contributed by atoms with Crippen molar-refractivity contribution in [3.63, 3.8) is 0 Å². The van der Waals surface area contributed by atoms with Crippen LogP contribution in [0.4, 0.5) is 4.79 Å². The standard InChI is InChI=1S/C7H11N3O2/c1-4-2-7(3-8-4)5(11)9-6(12)10-7/h4,8H,2-3H2,1H3,(H2,9,10,11,12). The minimum absolute atomic E-state index is 0.204. The zero-order valence-corrected chi connectivity index (χ0v) is 6.81. The first-order valence-electron chi connectivity index (χ1n) is 3.99. The summed E-state index contributed by atoms with van der Waals surface area (Å²) in [5, 5.41) is 8.02. The van der Waals surface area contributed by atoms with E-state index in [1.807, 2.05) is 6.92 Å². The number of amides is 3. The van der Waals surface area contributed by atoms with Gasteiger partial charge in [0.05, 0.1) is 0 Å². The number of rotatable bonds is 0. The van der Waals surface area contributed by atoms with Gasteiger partial charge in [-0.3, -0.25) is 10.1 Å². The number of nitrogens with one attached hydrogen (secondary N) is 3. The molecule has 0 aliphatic carbocycles. The second kappa shape index (κ2) is 2.20. The molecule has 5 heteroatoms. The molecule has 1 spiro atoms. The molecule has 5 nitrogen and oxygen atoms in total. The van der Waals surface area contributed by atoms with E-state index in [0.29, 0.717) is 13.0 Å². The van der Waals surface area contributed by atoms with Gasteiger partial charge in [0.2, 0.25) is 0 Å². The van der Waals surface area contributed by atoms with Crippen molar-refractivity contribution in [1.82, 2.24) is 16.0 Å². The number of hydrogen-bond acceptors (Lipinski definition) is 3. The number of carbonyl (C=O) groups excluding carboxylic acids is 2. The highest BCUT2D eigenvalue weighted by Crippen LogP contribution is 2.22. The molecule has 2 aliphatic rings. The van der Waals surface area contributed by atoms with Crippen LogP contribution < -0.4 is 16.0 Å². The molecule has 2 heterocycles. The van der Waals surface area contributed by atoms with Crippen molar-refractivity contribution < 1.29 is 9.59 Å². The molecule has 0 radical (unpaired) electrons. The first-order valence-corrected chi connectivity index (χ1v) is 3.99. The van der Waals surface area contributed by atoms with Gasteiger partial charge in [-0.1, -0.05) is 0 Å². The normalized spacial score (nSPS) is 40.2. The Morgan fingerprint density at radius 3 is 2.67 bits per heavy atom. The van der Waals surface area contributed by atoms with E-state index in [9.17, 15) is 9.59 Å². The fourth-order valence-corrected chi connectivity index (χ4v) is 1.81. The maximum absolute atomic E-state index is 11.3. The SMILES string of the molecule is CC1CC2(CN1)NC(=O)NC2=O. The molecule has 2 atom stereocenters. The third-order valence-corrected chi connectivity index (χ3v) is 2.42. The molecule has 2 saturated heterocycles. The summed E-state index contributed by atoms with van der Waals surface area (Å²) in [6.07, 6.45) is 0.671. The van der Waals surface area contributed by atoms with E-state index in [2.05, 4.69) is 16.0 Å². The van der Waals surface area contributed by atoms with Gasteiger partial charge in [-0.15, -0.1) is 0 Å². The highest BCUT2D eigenvalue weighted by molar-refractivity contribution is 6.07. The van der Waals surface area contributed by atoms with Crippen LogP contribution >= 0.6 is 0 Å². The summed E-state index contributed by atoms with van der Waals surface area (Å²) in [5.74, 6) is -0.204. The molecule has 0 aromatic carbocycles. The smallest absolute Gasteiger partial charge is 0.322 e. The Kier molecular flexibility index (Phi) is 1.38. The molecule has 2 aliphatic heterocycles. The van der Waals surface area contributed by atoms with Crippen molar-refractivity contribution in [1.29, 1.82) is 0 Å². The van der Waals surface area contributed by atoms with Gasteiger partial charge < -0.3 is 10.6 Å². The van der Waals surface area contributed by atoms with Gasteiger partial charge >= 0.3 is 6.03 Å². The molecule has 0 bridgehead atoms. The molecule has 3 amide bonds. The maximum atomic E-state index is 11.3. The molecule has 12 heavy (non-hydrogen) atoms. The van der Waals surface area contributed by atoms with E-state index < -0.39 is 5.54 Å². The van der Waals surface area contributed by atoms with Crippen LogP contribution in [0.15, 0.2) is 0 Å². The molecular weight excluding hydrogens is 158 g/mol. The van der Waals surface area contributed by atoms with E-state index in [1.165, 1.54) is 0 Å². The van der Waals surface area contributed by atoms with Crippen molar-refractivity contribution in [2.45, 2.75) is 24.9 Å². The van der Waals surface area contributed by atoms with Crippen LogP contribution in [-0.2, 0) is 4.79 Å². The van der Waals surface area contributed by atoms with Gasteiger partial charge in [0, 0.05) is 12.6 Å². The fraction of sp³-hybridized carbons (Fsp3) is 0.714. The van der Waals surface area contributed by atoms with Gasteiger partial charge in [0.25, 0.3) is 5.91 Å². The topological polar surface area (TPSA) is 70.2 Å². The lowest BCUT2D eigenvalue weighted by Crippen LogP contribution is -2.48. The fourth-order valence-electron chi connectivity index (χ4n) is 1.81. The number of urea groups is 1. The van der Waals surface area contributed by atoms with Gasteiger partial charge in [-0.05, 0) is 13.3 Å². The van der Waals surface area contributed by atoms with Crippen LogP contribution in [-0.4, -0.2) is 30.1 Å². The van der Waals surface area contributed by atoms with E-state index in [-0.39, 0.29) is 18.0 Å². The Balaban J connectivity index is 2.22. The average Bonchev–Trinajstić information content (AvgIpc) is 2.43. The predicted molar refractivity (Wildman–Crippen MR) is 41.5 cm³/mol. The van der Waals surface area contributed by atoms with Crippen LogP contribution in [0.1, 0.15) is 13.3 Å². The summed E-state index contributed by atoms with van der Waals surface area (Å²) in [6.45, 7) is 2.53. The summed E-state index contributed by atoms with van der Waals surface area (Å²) in [7, 11) is 0.